The highest BCUT2D eigenvalue weighted by Gasteiger charge is 2.25. The molecular weight excluding hydrogens is 254 g/mol. The molecule has 0 saturated carbocycles. The first kappa shape index (κ1) is 13.0. The van der Waals surface area contributed by atoms with Gasteiger partial charge < -0.3 is 10.6 Å². The second kappa shape index (κ2) is 4.68. The molecule has 1 heterocycles. The van der Waals surface area contributed by atoms with Crippen molar-refractivity contribution < 1.29 is 13.2 Å². The lowest BCUT2D eigenvalue weighted by Gasteiger charge is -2.26. The van der Waals surface area contributed by atoms with Crippen molar-refractivity contribution in [2.24, 2.45) is 11.1 Å². The second-order valence-corrected chi connectivity index (χ2v) is 5.85. The summed E-state index contributed by atoms with van der Waals surface area (Å²) in [6.07, 6.45) is 0. The first-order valence-electron chi connectivity index (χ1n) is 5.53. The Labute approximate surface area is 106 Å². The number of benzene rings is 1. The van der Waals surface area contributed by atoms with Gasteiger partial charge >= 0.3 is 0 Å². The number of primary sulfonamides is 1. The number of anilines is 1. The van der Waals surface area contributed by atoms with Crippen molar-refractivity contribution in [3.8, 4) is 0 Å². The number of carbonyl (C=O) groups is 1. The predicted octanol–water partition coefficient (Wildman–Crippen LogP) is -0.200. The van der Waals surface area contributed by atoms with E-state index in [2.05, 4.69) is 10.6 Å². The maximum absolute atomic E-state index is 11.8. The van der Waals surface area contributed by atoms with Gasteiger partial charge in [0.25, 0.3) is 0 Å². The van der Waals surface area contributed by atoms with Crippen molar-refractivity contribution in [2.75, 3.05) is 18.4 Å². The Morgan fingerprint density at radius 2 is 2.11 bits per heavy atom. The van der Waals surface area contributed by atoms with Gasteiger partial charge in [-0.15, -0.1) is 0 Å². The summed E-state index contributed by atoms with van der Waals surface area (Å²) in [6.45, 7) is 2.92. The zero-order chi connectivity index (χ0) is 13.3. The zero-order valence-corrected chi connectivity index (χ0v) is 10.8. The number of rotatable bonds is 3. The summed E-state index contributed by atoms with van der Waals surface area (Å²) in [6, 6.07) is 4.64. The fraction of sp³-hybridized carbons (Fsp3) is 0.364. The smallest absolute Gasteiger partial charge is 0.238 e. The highest BCUT2D eigenvalue weighted by atomic mass is 32.2. The van der Waals surface area contributed by atoms with Gasteiger partial charge in [0.05, 0.1) is 10.8 Å². The van der Waals surface area contributed by atoms with Gasteiger partial charge in [-0.25, -0.2) is 13.6 Å². The van der Waals surface area contributed by atoms with Gasteiger partial charge in [-0.1, -0.05) is 6.07 Å². The van der Waals surface area contributed by atoms with E-state index in [9.17, 15) is 13.2 Å². The third-order valence-corrected chi connectivity index (χ3v) is 4.06. The molecule has 1 amide bonds. The average Bonchev–Trinajstić information content (AvgIpc) is 2.16. The van der Waals surface area contributed by atoms with E-state index in [0.29, 0.717) is 24.3 Å². The second-order valence-electron chi connectivity index (χ2n) is 4.32. The molecule has 1 aromatic carbocycles. The van der Waals surface area contributed by atoms with E-state index in [1.807, 2.05) is 0 Å². The SMILES string of the molecule is Cc1c(NC(=O)C2CNC2)cccc1S(N)(=O)=O. The van der Waals surface area contributed by atoms with Crippen LogP contribution in [0.2, 0.25) is 0 Å². The van der Waals surface area contributed by atoms with Gasteiger partial charge in [0.2, 0.25) is 15.9 Å². The fourth-order valence-electron chi connectivity index (χ4n) is 1.77. The van der Waals surface area contributed by atoms with E-state index >= 15 is 0 Å². The Hall–Kier alpha value is -1.44. The summed E-state index contributed by atoms with van der Waals surface area (Å²) < 4.78 is 22.7. The van der Waals surface area contributed by atoms with E-state index in [1.54, 1.807) is 19.1 Å². The van der Waals surface area contributed by atoms with Gasteiger partial charge in [0.15, 0.2) is 0 Å². The number of amides is 1. The lowest BCUT2D eigenvalue weighted by atomic mass is 10.0. The molecule has 4 N–H and O–H groups in total. The van der Waals surface area contributed by atoms with Crippen molar-refractivity contribution >= 4 is 21.6 Å². The summed E-state index contributed by atoms with van der Waals surface area (Å²) >= 11 is 0. The van der Waals surface area contributed by atoms with Crippen molar-refractivity contribution in [1.82, 2.24) is 5.32 Å². The maximum Gasteiger partial charge on any atom is 0.238 e. The summed E-state index contributed by atoms with van der Waals surface area (Å²) in [5.74, 6) is -0.161. The van der Waals surface area contributed by atoms with Crippen LogP contribution in [-0.4, -0.2) is 27.4 Å². The molecule has 1 aliphatic rings. The van der Waals surface area contributed by atoms with Crippen molar-refractivity contribution in [2.45, 2.75) is 11.8 Å². The molecule has 1 aromatic rings. The number of nitrogens with one attached hydrogen (secondary N) is 2. The minimum Gasteiger partial charge on any atom is -0.325 e. The molecule has 0 atom stereocenters. The molecule has 0 aromatic heterocycles. The van der Waals surface area contributed by atoms with Crippen molar-refractivity contribution in [3.05, 3.63) is 23.8 Å². The van der Waals surface area contributed by atoms with Crippen LogP contribution >= 0.6 is 0 Å². The minimum atomic E-state index is -3.77. The summed E-state index contributed by atoms with van der Waals surface area (Å²) in [5.41, 5.74) is 0.944. The zero-order valence-electron chi connectivity index (χ0n) is 9.93. The van der Waals surface area contributed by atoms with Crippen LogP contribution in [0.3, 0.4) is 0 Å². The third-order valence-electron chi connectivity index (χ3n) is 3.00. The van der Waals surface area contributed by atoms with E-state index in [-0.39, 0.29) is 16.7 Å². The summed E-state index contributed by atoms with van der Waals surface area (Å²) in [4.78, 5) is 11.8. The molecule has 18 heavy (non-hydrogen) atoms. The van der Waals surface area contributed by atoms with Crippen LogP contribution in [0.5, 0.6) is 0 Å². The lowest BCUT2D eigenvalue weighted by Crippen LogP contribution is -2.48. The number of hydrogen-bond donors (Lipinski definition) is 3. The highest BCUT2D eigenvalue weighted by molar-refractivity contribution is 7.89. The van der Waals surface area contributed by atoms with Gasteiger partial charge in [-0.2, -0.15) is 0 Å². The molecule has 0 spiro atoms. The lowest BCUT2D eigenvalue weighted by molar-refractivity contribution is -0.121. The predicted molar refractivity (Wildman–Crippen MR) is 67.5 cm³/mol. The number of hydrogen-bond acceptors (Lipinski definition) is 4. The van der Waals surface area contributed by atoms with E-state index in [1.165, 1.54) is 6.07 Å². The molecule has 0 aliphatic carbocycles. The molecule has 98 valence electrons. The minimum absolute atomic E-state index is 0.0343. The van der Waals surface area contributed by atoms with Crippen molar-refractivity contribution in [3.63, 3.8) is 0 Å². The topological polar surface area (TPSA) is 101 Å². The third kappa shape index (κ3) is 2.53. The van der Waals surface area contributed by atoms with Crippen LogP contribution in [0.25, 0.3) is 0 Å². The molecule has 0 radical (unpaired) electrons. The Kier molecular flexibility index (Phi) is 3.38. The first-order valence-corrected chi connectivity index (χ1v) is 7.08. The average molecular weight is 269 g/mol. The molecule has 7 heteroatoms. The number of nitrogens with two attached hydrogens (primary N) is 1. The normalized spacial score (nSPS) is 16.1. The number of sulfonamides is 1. The first-order chi connectivity index (χ1) is 8.39. The van der Waals surface area contributed by atoms with Crippen LogP contribution in [0.1, 0.15) is 5.56 Å². The highest BCUT2D eigenvalue weighted by Crippen LogP contribution is 2.22. The fourth-order valence-corrected chi connectivity index (χ4v) is 2.57. The largest absolute Gasteiger partial charge is 0.325 e. The van der Waals surface area contributed by atoms with Gasteiger partial charge in [-0.3, -0.25) is 4.79 Å². The molecule has 2 rings (SSSR count). The van der Waals surface area contributed by atoms with Gasteiger partial charge in [0.1, 0.15) is 0 Å². The maximum atomic E-state index is 11.8. The van der Waals surface area contributed by atoms with Gasteiger partial charge in [-0.05, 0) is 24.6 Å². The Morgan fingerprint density at radius 3 is 2.61 bits per heavy atom. The van der Waals surface area contributed by atoms with E-state index in [4.69, 9.17) is 5.14 Å². The molecule has 1 saturated heterocycles. The van der Waals surface area contributed by atoms with Crippen LogP contribution in [0.4, 0.5) is 5.69 Å². The molecule has 1 aliphatic heterocycles. The quantitative estimate of drug-likeness (QED) is 0.707. The monoisotopic (exact) mass is 269 g/mol. The van der Waals surface area contributed by atoms with Crippen LogP contribution < -0.4 is 15.8 Å². The van der Waals surface area contributed by atoms with Crippen LogP contribution in [-0.2, 0) is 14.8 Å². The summed E-state index contributed by atoms with van der Waals surface area (Å²) in [7, 11) is -3.77. The molecule has 0 unspecified atom stereocenters. The van der Waals surface area contributed by atoms with E-state index in [0.717, 1.165) is 0 Å². The standard InChI is InChI=1S/C11H15N3O3S/c1-7-9(14-11(15)8-5-13-6-8)3-2-4-10(7)18(12,16)17/h2-4,8,13H,5-6H2,1H3,(H,14,15)(H2,12,16,17). The molecule has 1 fully saturated rings. The molecular formula is C11H15N3O3S. The molecule has 6 nitrogen and oxygen atoms in total. The Balaban J connectivity index is 2.26. The Bertz CT molecular complexity index is 579. The van der Waals surface area contributed by atoms with Crippen LogP contribution in [0.15, 0.2) is 23.1 Å². The van der Waals surface area contributed by atoms with Crippen molar-refractivity contribution in [1.29, 1.82) is 0 Å². The van der Waals surface area contributed by atoms with E-state index < -0.39 is 10.0 Å². The summed E-state index contributed by atoms with van der Waals surface area (Å²) in [5, 5.41) is 10.8. The van der Waals surface area contributed by atoms with Gasteiger partial charge in [0, 0.05) is 18.8 Å². The van der Waals surface area contributed by atoms with Crippen LogP contribution in [0, 0.1) is 12.8 Å². The Morgan fingerprint density at radius 1 is 1.44 bits per heavy atom. The number of carbonyl (C=O) groups excluding carboxylic acids is 1. The molecule has 0 bridgehead atoms.